The zero-order valence-corrected chi connectivity index (χ0v) is 15.5. The molecule has 1 aliphatic heterocycles. The summed E-state index contributed by atoms with van der Waals surface area (Å²) >= 11 is 0. The van der Waals surface area contributed by atoms with Gasteiger partial charge in [-0.2, -0.15) is 0 Å². The van der Waals surface area contributed by atoms with Crippen LogP contribution in [0.5, 0.6) is 5.75 Å². The normalized spacial score (nSPS) is 17.2. The highest BCUT2D eigenvalue weighted by Gasteiger charge is 2.25. The molecule has 1 aromatic carbocycles. The fourth-order valence-electron chi connectivity index (χ4n) is 4.03. The molecular formula is C21H24N4O2. The molecule has 1 saturated carbocycles. The third kappa shape index (κ3) is 3.25. The molecule has 5 rings (SSSR count). The summed E-state index contributed by atoms with van der Waals surface area (Å²) in [5.74, 6) is 2.44. The van der Waals surface area contributed by atoms with Crippen LogP contribution in [0.2, 0.25) is 0 Å². The Hall–Kier alpha value is -2.60. The molecule has 6 nitrogen and oxygen atoms in total. The van der Waals surface area contributed by atoms with Crippen molar-refractivity contribution in [3.05, 3.63) is 57.4 Å². The van der Waals surface area contributed by atoms with E-state index in [-0.39, 0.29) is 5.56 Å². The number of aromatic amines is 2. The van der Waals surface area contributed by atoms with E-state index in [9.17, 15) is 4.79 Å². The molecule has 140 valence electrons. The van der Waals surface area contributed by atoms with Crippen molar-refractivity contribution in [1.29, 1.82) is 0 Å². The Morgan fingerprint density at radius 3 is 3.04 bits per heavy atom. The van der Waals surface area contributed by atoms with E-state index in [0.717, 1.165) is 60.8 Å². The van der Waals surface area contributed by atoms with Crippen molar-refractivity contribution in [2.24, 2.45) is 5.92 Å². The number of nitrogens with one attached hydrogen (secondary N) is 2. The van der Waals surface area contributed by atoms with E-state index < -0.39 is 0 Å². The zero-order valence-electron chi connectivity index (χ0n) is 15.5. The minimum Gasteiger partial charge on any atom is -0.497 e. The van der Waals surface area contributed by atoms with E-state index in [1.54, 1.807) is 7.11 Å². The molecule has 0 saturated heterocycles. The summed E-state index contributed by atoms with van der Waals surface area (Å²) in [5.41, 5.74) is 4.25. The number of fused-ring (bicyclic) bond motifs is 2. The first kappa shape index (κ1) is 16.6. The minimum absolute atomic E-state index is 0.0622. The Morgan fingerprint density at radius 2 is 2.22 bits per heavy atom. The summed E-state index contributed by atoms with van der Waals surface area (Å²) in [4.78, 5) is 25.9. The molecule has 1 aliphatic carbocycles. The van der Waals surface area contributed by atoms with E-state index in [1.165, 1.54) is 23.8 Å². The predicted octanol–water partition coefficient (Wildman–Crippen LogP) is 2.77. The molecule has 0 radical (unpaired) electrons. The molecule has 27 heavy (non-hydrogen) atoms. The van der Waals surface area contributed by atoms with Crippen molar-refractivity contribution in [2.45, 2.75) is 38.8 Å². The van der Waals surface area contributed by atoms with E-state index in [4.69, 9.17) is 9.72 Å². The van der Waals surface area contributed by atoms with Gasteiger partial charge in [0.2, 0.25) is 0 Å². The third-order valence-electron chi connectivity index (χ3n) is 5.75. The summed E-state index contributed by atoms with van der Waals surface area (Å²) in [6.45, 7) is 2.43. The van der Waals surface area contributed by atoms with Crippen molar-refractivity contribution in [2.75, 3.05) is 13.7 Å². The standard InChI is InChI=1S/C21H24N4O2/c1-27-15-4-5-18-17(9-15)14(10-22-18)11-25-7-6-16-19(12-25)23-20(24-21(16)26)8-13-2-3-13/h4-5,9-10,13,22H,2-3,6-8,11-12H2,1H3,(H,23,24,26). The molecule has 2 aliphatic rings. The second-order valence-corrected chi connectivity index (χ2v) is 7.77. The summed E-state index contributed by atoms with van der Waals surface area (Å²) in [5, 5.41) is 1.19. The summed E-state index contributed by atoms with van der Waals surface area (Å²) in [7, 11) is 1.69. The highest BCUT2D eigenvalue weighted by atomic mass is 16.5. The van der Waals surface area contributed by atoms with Gasteiger partial charge < -0.3 is 14.7 Å². The maximum absolute atomic E-state index is 12.4. The Kier molecular flexibility index (Phi) is 4.01. The molecule has 0 spiro atoms. The lowest BCUT2D eigenvalue weighted by atomic mass is 10.0. The average Bonchev–Trinajstić information content (AvgIpc) is 3.40. The highest BCUT2D eigenvalue weighted by Crippen LogP contribution is 2.32. The van der Waals surface area contributed by atoms with Gasteiger partial charge in [0.1, 0.15) is 11.6 Å². The maximum Gasteiger partial charge on any atom is 0.254 e. The lowest BCUT2D eigenvalue weighted by Crippen LogP contribution is -2.35. The maximum atomic E-state index is 12.4. The average molecular weight is 364 g/mol. The summed E-state index contributed by atoms with van der Waals surface area (Å²) in [6.07, 6.45) is 6.26. The van der Waals surface area contributed by atoms with Gasteiger partial charge in [0, 0.05) is 48.7 Å². The number of benzene rings is 1. The van der Waals surface area contributed by atoms with Crippen LogP contribution in [0.25, 0.3) is 10.9 Å². The molecule has 0 unspecified atom stereocenters. The molecule has 2 N–H and O–H groups in total. The Balaban J connectivity index is 1.39. The Labute approximate surface area is 157 Å². The fourth-order valence-corrected chi connectivity index (χ4v) is 4.03. The molecule has 2 aromatic heterocycles. The molecular weight excluding hydrogens is 340 g/mol. The van der Waals surface area contributed by atoms with Crippen LogP contribution in [0.1, 0.15) is 35.5 Å². The zero-order chi connectivity index (χ0) is 18.4. The van der Waals surface area contributed by atoms with Gasteiger partial charge in [0.15, 0.2) is 0 Å². The van der Waals surface area contributed by atoms with E-state index in [1.807, 2.05) is 6.07 Å². The molecule has 3 heterocycles. The fraction of sp³-hybridized carbons (Fsp3) is 0.429. The molecule has 1 fully saturated rings. The smallest absolute Gasteiger partial charge is 0.254 e. The van der Waals surface area contributed by atoms with Crippen molar-refractivity contribution >= 4 is 10.9 Å². The van der Waals surface area contributed by atoms with E-state index >= 15 is 0 Å². The first-order chi connectivity index (χ1) is 13.2. The first-order valence-electron chi connectivity index (χ1n) is 9.67. The topological polar surface area (TPSA) is 74.0 Å². The van der Waals surface area contributed by atoms with Crippen LogP contribution in [0.4, 0.5) is 0 Å². The van der Waals surface area contributed by atoms with E-state index in [0.29, 0.717) is 5.92 Å². The third-order valence-corrected chi connectivity index (χ3v) is 5.75. The minimum atomic E-state index is 0.0622. The van der Waals surface area contributed by atoms with Gasteiger partial charge in [-0.15, -0.1) is 0 Å². The van der Waals surface area contributed by atoms with Crippen molar-refractivity contribution < 1.29 is 4.74 Å². The predicted molar refractivity (Wildman–Crippen MR) is 104 cm³/mol. The number of aromatic nitrogens is 3. The SMILES string of the molecule is COc1ccc2[nH]cc(CN3CCc4c(nc(CC5CC5)[nH]c4=O)C3)c2c1. The molecule has 0 amide bonds. The quantitative estimate of drug-likeness (QED) is 0.730. The first-order valence-corrected chi connectivity index (χ1v) is 9.67. The van der Waals surface area contributed by atoms with Gasteiger partial charge in [-0.25, -0.2) is 4.98 Å². The van der Waals surface area contributed by atoms with E-state index in [2.05, 4.69) is 33.2 Å². The monoisotopic (exact) mass is 364 g/mol. The van der Waals surface area contributed by atoms with Gasteiger partial charge in [-0.1, -0.05) is 0 Å². The number of hydrogen-bond acceptors (Lipinski definition) is 4. The molecule has 3 aromatic rings. The number of H-pyrrole nitrogens is 2. The van der Waals surface area contributed by atoms with Gasteiger partial charge in [0.25, 0.3) is 5.56 Å². The largest absolute Gasteiger partial charge is 0.497 e. The van der Waals surface area contributed by atoms with Gasteiger partial charge in [0.05, 0.1) is 12.8 Å². The Morgan fingerprint density at radius 1 is 1.33 bits per heavy atom. The number of rotatable bonds is 5. The van der Waals surface area contributed by atoms with Crippen molar-refractivity contribution in [3.8, 4) is 5.75 Å². The highest BCUT2D eigenvalue weighted by molar-refractivity contribution is 5.84. The lowest BCUT2D eigenvalue weighted by Gasteiger charge is -2.27. The second kappa shape index (κ2) is 6.53. The summed E-state index contributed by atoms with van der Waals surface area (Å²) in [6, 6.07) is 6.10. The van der Waals surface area contributed by atoms with Crippen LogP contribution in [0.15, 0.2) is 29.2 Å². The van der Waals surface area contributed by atoms with Crippen molar-refractivity contribution in [3.63, 3.8) is 0 Å². The number of hydrogen-bond donors (Lipinski definition) is 2. The summed E-state index contributed by atoms with van der Waals surface area (Å²) < 4.78 is 5.37. The van der Waals surface area contributed by atoms with Crippen LogP contribution in [0.3, 0.4) is 0 Å². The van der Waals surface area contributed by atoms with Crippen LogP contribution in [-0.4, -0.2) is 33.5 Å². The molecule has 6 heteroatoms. The van der Waals surface area contributed by atoms with Gasteiger partial charge in [-0.05, 0) is 48.9 Å². The molecule has 0 atom stereocenters. The second-order valence-electron chi connectivity index (χ2n) is 7.77. The Bertz CT molecular complexity index is 1050. The number of nitrogens with zero attached hydrogens (tertiary/aromatic N) is 2. The van der Waals surface area contributed by atoms with Crippen LogP contribution in [-0.2, 0) is 25.9 Å². The molecule has 0 bridgehead atoms. The van der Waals surface area contributed by atoms with Crippen LogP contribution < -0.4 is 10.3 Å². The van der Waals surface area contributed by atoms with Gasteiger partial charge >= 0.3 is 0 Å². The van der Waals surface area contributed by atoms with Crippen LogP contribution in [0, 0.1) is 5.92 Å². The number of methoxy groups -OCH3 is 1. The number of ether oxygens (including phenoxy) is 1. The van der Waals surface area contributed by atoms with Crippen LogP contribution >= 0.6 is 0 Å². The van der Waals surface area contributed by atoms with Gasteiger partial charge in [-0.3, -0.25) is 9.69 Å². The lowest BCUT2D eigenvalue weighted by molar-refractivity contribution is 0.241. The van der Waals surface area contributed by atoms with Crippen molar-refractivity contribution in [1.82, 2.24) is 19.9 Å².